The fourth-order valence-corrected chi connectivity index (χ4v) is 3.85. The lowest BCUT2D eigenvalue weighted by Gasteiger charge is -2.26. The number of carbonyl (C=O) groups excluding carboxylic acids is 2. The Kier molecular flexibility index (Phi) is 6.72. The minimum atomic E-state index is -0.350. The summed E-state index contributed by atoms with van der Waals surface area (Å²) in [6.07, 6.45) is 1.79. The number of hydrogen-bond acceptors (Lipinski definition) is 5. The normalized spacial score (nSPS) is 13.9. The van der Waals surface area contributed by atoms with Crippen LogP contribution in [0.2, 0.25) is 0 Å². The van der Waals surface area contributed by atoms with Crippen molar-refractivity contribution in [2.24, 2.45) is 0 Å². The monoisotopic (exact) mass is 437 g/mol. The van der Waals surface area contributed by atoms with Gasteiger partial charge < -0.3 is 18.9 Å². The van der Waals surface area contributed by atoms with Crippen molar-refractivity contribution < 1.29 is 23.9 Å². The van der Waals surface area contributed by atoms with Gasteiger partial charge in [0.25, 0.3) is 11.8 Å². The van der Waals surface area contributed by atoms with Crippen molar-refractivity contribution in [3.05, 3.63) is 65.4 Å². The second-order valence-electron chi connectivity index (χ2n) is 7.52. The fourth-order valence-electron chi connectivity index (χ4n) is 3.85. The molecule has 1 aliphatic rings. The Bertz CT molecular complexity index is 1120. The zero-order chi connectivity index (χ0) is 22.5. The minimum Gasteiger partial charge on any atom is -0.497 e. The van der Waals surface area contributed by atoms with Crippen LogP contribution in [-0.4, -0.2) is 61.3 Å². The number of ether oxygens (including phenoxy) is 2. The van der Waals surface area contributed by atoms with Gasteiger partial charge in [-0.3, -0.25) is 14.4 Å². The molecule has 8 nitrogen and oxygen atoms in total. The molecule has 1 aromatic heterocycles. The first-order valence-corrected chi connectivity index (χ1v) is 10.7. The van der Waals surface area contributed by atoms with E-state index in [4.69, 9.17) is 14.3 Å². The first-order chi connectivity index (χ1) is 15.6. The molecule has 0 unspecified atom stereocenters. The van der Waals surface area contributed by atoms with Crippen LogP contribution in [0.15, 0.2) is 48.7 Å². The van der Waals surface area contributed by atoms with Crippen molar-refractivity contribution >= 4 is 22.7 Å². The summed E-state index contributed by atoms with van der Waals surface area (Å²) < 4.78 is 12.7. The molecule has 1 aliphatic heterocycles. The molecular weight excluding hydrogens is 410 g/mol. The molecule has 0 saturated carbocycles. The Labute approximate surface area is 186 Å². The SMILES string of the molecule is CCONC(=O)c1cn(Cc2cccc(OC)c2)c2ccc(C(=O)N3CCOCC3)cc12. The van der Waals surface area contributed by atoms with Gasteiger partial charge >= 0.3 is 0 Å². The number of methoxy groups -OCH3 is 1. The first kappa shape index (κ1) is 21.9. The maximum Gasteiger partial charge on any atom is 0.277 e. The number of nitrogens with one attached hydrogen (secondary N) is 1. The van der Waals surface area contributed by atoms with Crippen molar-refractivity contribution in [1.29, 1.82) is 0 Å². The van der Waals surface area contributed by atoms with E-state index in [2.05, 4.69) is 5.48 Å². The molecule has 1 fully saturated rings. The molecule has 3 aromatic rings. The number of hydroxylamine groups is 1. The number of benzene rings is 2. The predicted octanol–water partition coefficient (Wildman–Crippen LogP) is 2.85. The number of rotatable bonds is 7. The number of carbonyl (C=O) groups is 2. The van der Waals surface area contributed by atoms with Gasteiger partial charge in [-0.05, 0) is 42.8 Å². The zero-order valence-corrected chi connectivity index (χ0v) is 18.3. The van der Waals surface area contributed by atoms with Gasteiger partial charge in [0, 0.05) is 42.3 Å². The predicted molar refractivity (Wildman–Crippen MR) is 120 cm³/mol. The van der Waals surface area contributed by atoms with Crippen LogP contribution in [0, 0.1) is 0 Å². The van der Waals surface area contributed by atoms with E-state index in [1.165, 1.54) is 0 Å². The number of aromatic nitrogens is 1. The van der Waals surface area contributed by atoms with E-state index in [0.29, 0.717) is 56.0 Å². The van der Waals surface area contributed by atoms with Crippen molar-refractivity contribution in [2.75, 3.05) is 40.0 Å². The second kappa shape index (κ2) is 9.84. The van der Waals surface area contributed by atoms with E-state index in [0.717, 1.165) is 16.8 Å². The Morgan fingerprint density at radius 1 is 1.12 bits per heavy atom. The van der Waals surface area contributed by atoms with Gasteiger partial charge in [-0.15, -0.1) is 0 Å². The maximum absolute atomic E-state index is 13.0. The average molecular weight is 437 g/mol. The molecule has 0 aliphatic carbocycles. The second-order valence-corrected chi connectivity index (χ2v) is 7.52. The van der Waals surface area contributed by atoms with Crippen molar-refractivity contribution in [2.45, 2.75) is 13.5 Å². The number of hydrogen-bond donors (Lipinski definition) is 1. The van der Waals surface area contributed by atoms with Crippen LogP contribution < -0.4 is 10.2 Å². The lowest BCUT2D eigenvalue weighted by atomic mass is 10.1. The van der Waals surface area contributed by atoms with E-state index in [-0.39, 0.29) is 11.8 Å². The van der Waals surface area contributed by atoms with Crippen LogP contribution in [0.5, 0.6) is 5.75 Å². The summed E-state index contributed by atoms with van der Waals surface area (Å²) in [5.74, 6) is 0.357. The van der Waals surface area contributed by atoms with Gasteiger partial charge in [-0.1, -0.05) is 12.1 Å². The van der Waals surface area contributed by atoms with Crippen LogP contribution in [0.25, 0.3) is 10.9 Å². The third kappa shape index (κ3) is 4.61. The van der Waals surface area contributed by atoms with Crippen LogP contribution >= 0.6 is 0 Å². The highest BCUT2D eigenvalue weighted by atomic mass is 16.6. The third-order valence-electron chi connectivity index (χ3n) is 5.47. The van der Waals surface area contributed by atoms with Crippen LogP contribution in [0.3, 0.4) is 0 Å². The van der Waals surface area contributed by atoms with Crippen molar-refractivity contribution in [3.63, 3.8) is 0 Å². The van der Waals surface area contributed by atoms with Gasteiger partial charge in [0.05, 0.1) is 32.5 Å². The van der Waals surface area contributed by atoms with Gasteiger partial charge in [0.1, 0.15) is 5.75 Å². The van der Waals surface area contributed by atoms with Gasteiger partial charge in [0.2, 0.25) is 0 Å². The highest BCUT2D eigenvalue weighted by Crippen LogP contribution is 2.26. The van der Waals surface area contributed by atoms with Crippen LogP contribution in [0.1, 0.15) is 33.2 Å². The summed E-state index contributed by atoms with van der Waals surface area (Å²) in [5, 5.41) is 0.698. The van der Waals surface area contributed by atoms with E-state index in [1.54, 1.807) is 31.2 Å². The Morgan fingerprint density at radius 3 is 2.69 bits per heavy atom. The Morgan fingerprint density at radius 2 is 1.94 bits per heavy atom. The molecule has 4 rings (SSSR count). The smallest absolute Gasteiger partial charge is 0.277 e. The molecule has 0 radical (unpaired) electrons. The summed E-state index contributed by atoms with van der Waals surface area (Å²) in [6, 6.07) is 13.3. The number of nitrogens with zero attached hydrogens (tertiary/aromatic N) is 2. The van der Waals surface area contributed by atoms with Crippen LogP contribution in [0.4, 0.5) is 0 Å². The molecule has 2 heterocycles. The molecule has 0 spiro atoms. The summed E-state index contributed by atoms with van der Waals surface area (Å²) >= 11 is 0. The largest absolute Gasteiger partial charge is 0.497 e. The topological polar surface area (TPSA) is 82.0 Å². The lowest BCUT2D eigenvalue weighted by molar-refractivity contribution is 0.0303. The van der Waals surface area contributed by atoms with Crippen LogP contribution in [-0.2, 0) is 16.1 Å². The molecule has 2 aromatic carbocycles. The highest BCUT2D eigenvalue weighted by Gasteiger charge is 2.21. The fraction of sp³-hybridized carbons (Fsp3) is 0.333. The first-order valence-electron chi connectivity index (χ1n) is 10.7. The molecule has 0 bridgehead atoms. The van der Waals surface area contributed by atoms with Gasteiger partial charge in [-0.25, -0.2) is 5.48 Å². The molecule has 1 saturated heterocycles. The van der Waals surface area contributed by atoms with E-state index >= 15 is 0 Å². The quantitative estimate of drug-likeness (QED) is 0.575. The third-order valence-corrected chi connectivity index (χ3v) is 5.47. The number of morpholine rings is 1. The standard InChI is InChI=1S/C24H27N3O5/c1-3-32-25-23(28)21-16-27(15-17-5-4-6-19(13-17)30-2)22-8-7-18(14-20(21)22)24(29)26-9-11-31-12-10-26/h4-8,13-14,16H,3,9-12,15H2,1-2H3,(H,25,28). The molecule has 168 valence electrons. The van der Waals surface area contributed by atoms with E-state index in [9.17, 15) is 9.59 Å². The minimum absolute atomic E-state index is 0.0630. The summed E-state index contributed by atoms with van der Waals surface area (Å²) in [4.78, 5) is 32.7. The van der Waals surface area contributed by atoms with E-state index in [1.807, 2.05) is 41.0 Å². The molecule has 8 heteroatoms. The molecule has 1 N–H and O–H groups in total. The average Bonchev–Trinajstić information content (AvgIpc) is 3.20. The lowest BCUT2D eigenvalue weighted by Crippen LogP contribution is -2.40. The van der Waals surface area contributed by atoms with Crippen molar-refractivity contribution in [1.82, 2.24) is 14.9 Å². The van der Waals surface area contributed by atoms with Gasteiger partial charge in [-0.2, -0.15) is 0 Å². The summed E-state index contributed by atoms with van der Waals surface area (Å²) in [5.41, 5.74) is 5.35. The maximum atomic E-state index is 13.0. The molecule has 2 amide bonds. The highest BCUT2D eigenvalue weighted by molar-refractivity contribution is 6.09. The van der Waals surface area contributed by atoms with E-state index < -0.39 is 0 Å². The summed E-state index contributed by atoms with van der Waals surface area (Å²) in [6.45, 7) is 4.89. The van der Waals surface area contributed by atoms with Crippen molar-refractivity contribution in [3.8, 4) is 5.75 Å². The number of amides is 2. The molecule has 0 atom stereocenters. The molecule has 32 heavy (non-hydrogen) atoms. The number of fused-ring (bicyclic) bond motifs is 1. The summed E-state index contributed by atoms with van der Waals surface area (Å²) in [7, 11) is 1.63. The molecular formula is C24H27N3O5. The zero-order valence-electron chi connectivity index (χ0n) is 18.3. The van der Waals surface area contributed by atoms with Gasteiger partial charge in [0.15, 0.2) is 0 Å². The Hall–Kier alpha value is -3.36. The Balaban J connectivity index is 1.72.